The van der Waals surface area contributed by atoms with Crippen molar-refractivity contribution in [3.05, 3.63) is 63.1 Å². The van der Waals surface area contributed by atoms with Crippen molar-refractivity contribution in [1.82, 2.24) is 4.98 Å². The maximum atomic E-state index is 12.0. The van der Waals surface area contributed by atoms with Gasteiger partial charge in [-0.1, -0.05) is 6.07 Å². The monoisotopic (exact) mass is 256 g/mol. The molecule has 4 nitrogen and oxygen atoms in total. The predicted molar refractivity (Wildman–Crippen MR) is 75.7 cm³/mol. The van der Waals surface area contributed by atoms with Gasteiger partial charge in [0, 0.05) is 23.6 Å². The van der Waals surface area contributed by atoms with Gasteiger partial charge in [0.25, 0.3) is 5.91 Å². The van der Waals surface area contributed by atoms with E-state index in [9.17, 15) is 9.59 Å². The quantitative estimate of drug-likeness (QED) is 0.867. The molecule has 0 saturated heterocycles. The summed E-state index contributed by atoms with van der Waals surface area (Å²) in [5.74, 6) is -0.397. The maximum Gasteiger partial charge on any atom is 0.261 e. The van der Waals surface area contributed by atoms with Crippen LogP contribution in [0, 0.1) is 20.8 Å². The molecule has 0 saturated carbocycles. The fourth-order valence-electron chi connectivity index (χ4n) is 2.00. The van der Waals surface area contributed by atoms with Crippen molar-refractivity contribution in [2.75, 3.05) is 5.32 Å². The van der Waals surface area contributed by atoms with Crippen LogP contribution in [0.1, 0.15) is 27.2 Å². The summed E-state index contributed by atoms with van der Waals surface area (Å²) >= 11 is 0. The molecule has 1 amide bonds. The van der Waals surface area contributed by atoms with E-state index in [1.807, 2.05) is 32.0 Å². The second-order valence-electron chi connectivity index (χ2n) is 4.72. The van der Waals surface area contributed by atoms with Crippen LogP contribution in [-0.4, -0.2) is 10.9 Å². The lowest BCUT2D eigenvalue weighted by molar-refractivity contribution is 0.102. The van der Waals surface area contributed by atoms with Gasteiger partial charge < -0.3 is 10.3 Å². The summed E-state index contributed by atoms with van der Waals surface area (Å²) < 4.78 is 0. The minimum Gasteiger partial charge on any atom is -0.364 e. The minimum absolute atomic E-state index is 0.116. The van der Waals surface area contributed by atoms with Crippen LogP contribution in [0.4, 0.5) is 5.69 Å². The minimum atomic E-state index is -0.397. The number of rotatable bonds is 2. The molecule has 98 valence electrons. The first-order valence-electron chi connectivity index (χ1n) is 6.04. The smallest absolute Gasteiger partial charge is 0.261 e. The summed E-state index contributed by atoms with van der Waals surface area (Å²) in [6, 6.07) is 7.17. The normalized spacial score (nSPS) is 10.3. The number of hydrogen-bond donors (Lipinski definition) is 2. The first-order chi connectivity index (χ1) is 8.95. The van der Waals surface area contributed by atoms with E-state index in [4.69, 9.17) is 0 Å². The Morgan fingerprint density at radius 3 is 2.26 bits per heavy atom. The number of hydrogen-bond acceptors (Lipinski definition) is 2. The predicted octanol–water partition coefficient (Wildman–Crippen LogP) is 2.55. The van der Waals surface area contributed by atoms with Gasteiger partial charge in [-0.2, -0.15) is 0 Å². The van der Waals surface area contributed by atoms with Crippen molar-refractivity contribution < 1.29 is 4.79 Å². The molecule has 0 atom stereocenters. The molecule has 0 aliphatic rings. The molecule has 0 radical (unpaired) electrons. The molecule has 1 heterocycles. The number of aromatic nitrogens is 1. The van der Waals surface area contributed by atoms with Gasteiger partial charge in [-0.3, -0.25) is 9.59 Å². The van der Waals surface area contributed by atoms with Gasteiger partial charge in [0.2, 0.25) is 0 Å². The number of carbonyl (C=O) groups is 1. The van der Waals surface area contributed by atoms with Gasteiger partial charge in [-0.25, -0.2) is 0 Å². The second-order valence-corrected chi connectivity index (χ2v) is 4.72. The zero-order chi connectivity index (χ0) is 14.0. The van der Waals surface area contributed by atoms with Crippen molar-refractivity contribution in [3.63, 3.8) is 0 Å². The van der Waals surface area contributed by atoms with E-state index < -0.39 is 5.91 Å². The molecular weight excluding hydrogens is 240 g/mol. The fraction of sp³-hybridized carbons (Fsp3) is 0.200. The van der Waals surface area contributed by atoms with Gasteiger partial charge in [-0.15, -0.1) is 0 Å². The molecule has 0 aliphatic heterocycles. The second kappa shape index (κ2) is 5.10. The summed E-state index contributed by atoms with van der Waals surface area (Å²) in [5.41, 5.74) is 3.39. The Morgan fingerprint density at radius 1 is 1.05 bits per heavy atom. The number of pyridine rings is 1. The Balaban J connectivity index is 2.28. The summed E-state index contributed by atoms with van der Waals surface area (Å²) in [6.07, 6.45) is 1.44. The highest BCUT2D eigenvalue weighted by molar-refractivity contribution is 6.04. The third-order valence-corrected chi connectivity index (χ3v) is 2.78. The summed E-state index contributed by atoms with van der Waals surface area (Å²) in [6.45, 7) is 5.69. The first-order valence-corrected chi connectivity index (χ1v) is 6.04. The Labute approximate surface area is 111 Å². The molecule has 2 N–H and O–H groups in total. The van der Waals surface area contributed by atoms with E-state index in [1.165, 1.54) is 12.3 Å². The fourth-order valence-corrected chi connectivity index (χ4v) is 2.00. The number of amides is 1. The van der Waals surface area contributed by atoms with Gasteiger partial charge in [0.1, 0.15) is 5.56 Å². The third kappa shape index (κ3) is 3.10. The Bertz CT molecular complexity index is 667. The van der Waals surface area contributed by atoms with E-state index in [0.29, 0.717) is 5.69 Å². The summed E-state index contributed by atoms with van der Waals surface area (Å²) in [5, 5.41) is 2.74. The summed E-state index contributed by atoms with van der Waals surface area (Å²) in [4.78, 5) is 26.6. The zero-order valence-electron chi connectivity index (χ0n) is 11.2. The lowest BCUT2D eigenvalue weighted by atomic mass is 10.1. The van der Waals surface area contributed by atoms with Crippen LogP contribution in [0.3, 0.4) is 0 Å². The van der Waals surface area contributed by atoms with Crippen molar-refractivity contribution in [1.29, 1.82) is 0 Å². The average molecular weight is 256 g/mol. The number of aryl methyl sites for hydroxylation is 3. The molecule has 0 bridgehead atoms. The molecule has 4 heteroatoms. The van der Waals surface area contributed by atoms with Crippen molar-refractivity contribution in [2.24, 2.45) is 0 Å². The van der Waals surface area contributed by atoms with Gasteiger partial charge >= 0.3 is 0 Å². The van der Waals surface area contributed by atoms with E-state index in [1.54, 1.807) is 6.92 Å². The number of carbonyl (C=O) groups excluding carboxylic acids is 1. The molecule has 2 aromatic rings. The number of aromatic amines is 1. The van der Waals surface area contributed by atoms with Crippen LogP contribution in [0.15, 0.2) is 35.3 Å². The standard InChI is InChI=1S/C15H16N2O2/c1-9-4-10(2)6-12(5-9)17-15(19)13-8-16-11(3)7-14(13)18/h4-8H,1-3H3,(H,16,18)(H,17,19). The Hall–Kier alpha value is -2.36. The van der Waals surface area contributed by atoms with Crippen LogP contribution >= 0.6 is 0 Å². The Kier molecular flexibility index (Phi) is 3.51. The van der Waals surface area contributed by atoms with Crippen molar-refractivity contribution in [3.8, 4) is 0 Å². The van der Waals surface area contributed by atoms with Crippen LogP contribution < -0.4 is 10.7 Å². The number of H-pyrrole nitrogens is 1. The molecule has 0 aliphatic carbocycles. The molecule has 0 unspecified atom stereocenters. The molecular formula is C15H16N2O2. The summed E-state index contributed by atoms with van der Waals surface area (Å²) in [7, 11) is 0. The number of anilines is 1. The van der Waals surface area contributed by atoms with E-state index in [0.717, 1.165) is 16.8 Å². The lowest BCUT2D eigenvalue weighted by Gasteiger charge is -2.07. The van der Waals surface area contributed by atoms with E-state index in [-0.39, 0.29) is 11.0 Å². The first kappa shape index (κ1) is 13.1. The van der Waals surface area contributed by atoms with Crippen molar-refractivity contribution in [2.45, 2.75) is 20.8 Å². The van der Waals surface area contributed by atoms with Crippen molar-refractivity contribution >= 4 is 11.6 Å². The zero-order valence-corrected chi connectivity index (χ0v) is 11.2. The average Bonchev–Trinajstić information content (AvgIpc) is 2.26. The van der Waals surface area contributed by atoms with Gasteiger partial charge in [0.05, 0.1) is 0 Å². The highest BCUT2D eigenvalue weighted by Gasteiger charge is 2.10. The van der Waals surface area contributed by atoms with E-state index in [2.05, 4.69) is 10.3 Å². The van der Waals surface area contributed by atoms with E-state index >= 15 is 0 Å². The largest absolute Gasteiger partial charge is 0.364 e. The van der Waals surface area contributed by atoms with Gasteiger partial charge in [-0.05, 0) is 44.0 Å². The maximum absolute atomic E-state index is 12.0. The van der Waals surface area contributed by atoms with Crippen LogP contribution in [0.25, 0.3) is 0 Å². The molecule has 2 rings (SSSR count). The Morgan fingerprint density at radius 2 is 1.68 bits per heavy atom. The highest BCUT2D eigenvalue weighted by Crippen LogP contribution is 2.14. The molecule has 1 aromatic heterocycles. The highest BCUT2D eigenvalue weighted by atomic mass is 16.2. The molecule has 0 fully saturated rings. The number of nitrogens with one attached hydrogen (secondary N) is 2. The van der Waals surface area contributed by atoms with Crippen LogP contribution in [0.2, 0.25) is 0 Å². The van der Waals surface area contributed by atoms with Gasteiger partial charge in [0.15, 0.2) is 5.43 Å². The number of benzene rings is 1. The topological polar surface area (TPSA) is 62.0 Å². The molecule has 0 spiro atoms. The SMILES string of the molecule is Cc1cc(C)cc(NC(=O)c2c[nH]c(C)cc2=O)c1. The molecule has 19 heavy (non-hydrogen) atoms. The van der Waals surface area contributed by atoms with Crippen LogP contribution in [-0.2, 0) is 0 Å². The van der Waals surface area contributed by atoms with Crippen LogP contribution in [0.5, 0.6) is 0 Å². The third-order valence-electron chi connectivity index (χ3n) is 2.78. The molecule has 1 aromatic carbocycles. The lowest BCUT2D eigenvalue weighted by Crippen LogP contribution is -2.21.